The normalized spacial score (nSPS) is 16.8. The first-order chi connectivity index (χ1) is 15.4. The molecular weight excluding hydrogens is 471 g/mol. The average Bonchev–Trinajstić information content (AvgIpc) is 3.17. The second-order valence-electron chi connectivity index (χ2n) is 7.54. The predicted octanol–water partition coefficient (Wildman–Crippen LogP) is 4.83. The Balaban J connectivity index is 1.25. The van der Waals surface area contributed by atoms with Gasteiger partial charge in [-0.2, -0.15) is 0 Å². The highest BCUT2D eigenvalue weighted by Gasteiger charge is 2.40. The van der Waals surface area contributed by atoms with Crippen molar-refractivity contribution in [1.29, 1.82) is 0 Å². The number of hydrogen-bond acceptors (Lipinski definition) is 5. The van der Waals surface area contributed by atoms with Crippen LogP contribution in [0.1, 0.15) is 18.4 Å². The van der Waals surface area contributed by atoms with Crippen LogP contribution in [-0.2, 0) is 16.1 Å². The maximum absolute atomic E-state index is 12.1. The molecule has 0 atom stereocenters. The van der Waals surface area contributed by atoms with Gasteiger partial charge in [0, 0.05) is 43.6 Å². The predicted molar refractivity (Wildman–Crippen MR) is 128 cm³/mol. The third-order valence-electron chi connectivity index (χ3n) is 5.31. The number of amides is 1. The molecular formula is C22H22Cl2N4O3S. The van der Waals surface area contributed by atoms with Crippen molar-refractivity contribution in [2.45, 2.75) is 25.0 Å². The van der Waals surface area contributed by atoms with Crippen LogP contribution in [0.25, 0.3) is 0 Å². The first-order valence-corrected chi connectivity index (χ1v) is 11.3. The van der Waals surface area contributed by atoms with Gasteiger partial charge >= 0.3 is 6.09 Å². The largest absolute Gasteiger partial charge is 0.414 e. The molecule has 2 aromatic carbocycles. The van der Waals surface area contributed by atoms with E-state index in [2.05, 4.69) is 21.0 Å². The molecule has 1 fully saturated rings. The van der Waals surface area contributed by atoms with E-state index in [1.165, 1.54) is 0 Å². The Morgan fingerprint density at radius 1 is 1.16 bits per heavy atom. The molecule has 0 aromatic heterocycles. The van der Waals surface area contributed by atoms with Crippen LogP contribution in [0.4, 0.5) is 10.5 Å². The molecule has 2 heterocycles. The van der Waals surface area contributed by atoms with Gasteiger partial charge in [0.05, 0.1) is 10.7 Å². The van der Waals surface area contributed by atoms with Gasteiger partial charge in [-0.1, -0.05) is 47.5 Å². The summed E-state index contributed by atoms with van der Waals surface area (Å²) < 4.78 is 5.33. The minimum absolute atomic E-state index is 0.281. The Morgan fingerprint density at radius 2 is 1.88 bits per heavy atom. The maximum atomic E-state index is 12.1. The summed E-state index contributed by atoms with van der Waals surface area (Å²) in [6.07, 6.45) is 2.62. The monoisotopic (exact) mass is 492 g/mol. The number of halogens is 2. The van der Waals surface area contributed by atoms with Crippen LogP contribution in [0.5, 0.6) is 0 Å². The number of nitrogens with zero attached hydrogens (tertiary/aromatic N) is 1. The number of carbonyl (C=O) groups excluding carboxylic acids is 1. The van der Waals surface area contributed by atoms with Gasteiger partial charge in [0.1, 0.15) is 5.60 Å². The maximum Gasteiger partial charge on any atom is 0.414 e. The molecule has 0 aliphatic carbocycles. The molecule has 0 radical (unpaired) electrons. The number of likely N-dealkylation sites (tertiary alicyclic amines) is 1. The quantitative estimate of drug-likeness (QED) is 0.527. The van der Waals surface area contributed by atoms with Crippen LogP contribution in [0.3, 0.4) is 0 Å². The Hall–Kier alpha value is -2.52. The molecule has 3 N–H and O–H groups in total. The van der Waals surface area contributed by atoms with Crippen LogP contribution in [-0.4, -0.2) is 34.8 Å². The number of hydrogen-bond donors (Lipinski definition) is 3. The van der Waals surface area contributed by atoms with E-state index in [1.807, 2.05) is 42.5 Å². The third-order valence-corrected chi connectivity index (χ3v) is 6.26. The number of alkyl carbamates (subject to hydrolysis) is 1. The standard InChI is InChI=1S/C22H22Cl2N4O3S/c23-16-7-5-15(6-8-16)14-25-21(29)30-19-13-22(31-27-19)9-11-28(12-10-22)20(32)26-18-4-2-1-3-17(18)24/h1-8,13,27H,9-12,14H2,(H,25,29)(H,26,32). The Bertz CT molecular complexity index is 1020. The summed E-state index contributed by atoms with van der Waals surface area (Å²) >= 11 is 17.6. The molecule has 1 saturated heterocycles. The van der Waals surface area contributed by atoms with E-state index in [4.69, 9.17) is 45.0 Å². The molecule has 32 heavy (non-hydrogen) atoms. The highest BCUT2D eigenvalue weighted by molar-refractivity contribution is 7.80. The number of ether oxygens (including phenoxy) is 1. The fourth-order valence-corrected chi connectivity index (χ4v) is 4.11. The fraction of sp³-hybridized carbons (Fsp3) is 0.273. The van der Waals surface area contributed by atoms with Crippen LogP contribution in [0.15, 0.2) is 60.5 Å². The zero-order chi connectivity index (χ0) is 22.6. The van der Waals surface area contributed by atoms with Crippen molar-refractivity contribution in [3.05, 3.63) is 76.1 Å². The molecule has 168 valence electrons. The number of anilines is 1. The molecule has 1 spiro atoms. The summed E-state index contributed by atoms with van der Waals surface area (Å²) in [6.45, 7) is 1.70. The van der Waals surface area contributed by atoms with Crippen LogP contribution in [0, 0.1) is 0 Å². The molecule has 2 aromatic rings. The van der Waals surface area contributed by atoms with E-state index in [0.717, 1.165) is 11.3 Å². The lowest BCUT2D eigenvalue weighted by Gasteiger charge is -2.37. The van der Waals surface area contributed by atoms with Crippen molar-refractivity contribution >= 4 is 52.3 Å². The van der Waals surface area contributed by atoms with Gasteiger partial charge < -0.3 is 20.3 Å². The molecule has 0 bridgehead atoms. The van der Waals surface area contributed by atoms with Crippen molar-refractivity contribution in [3.63, 3.8) is 0 Å². The van der Waals surface area contributed by atoms with E-state index in [-0.39, 0.29) is 5.88 Å². The number of para-hydroxylation sites is 1. The SMILES string of the molecule is O=C(NCc1ccc(Cl)cc1)OC1=CC2(CCN(C(=S)Nc3ccccc3Cl)CC2)ON1. The van der Waals surface area contributed by atoms with Crippen molar-refractivity contribution in [1.82, 2.24) is 15.7 Å². The molecule has 7 nitrogen and oxygen atoms in total. The average molecular weight is 493 g/mol. The number of hydroxylamine groups is 1. The number of nitrogens with one attached hydrogen (secondary N) is 3. The van der Waals surface area contributed by atoms with Gasteiger partial charge in [-0.05, 0) is 42.0 Å². The highest BCUT2D eigenvalue weighted by atomic mass is 35.5. The van der Waals surface area contributed by atoms with Crippen molar-refractivity contribution in [2.24, 2.45) is 0 Å². The van der Waals surface area contributed by atoms with Crippen LogP contribution >= 0.6 is 35.4 Å². The number of thiocarbonyl (C=S) groups is 1. The number of benzene rings is 2. The summed E-state index contributed by atoms with van der Waals surface area (Å²) in [7, 11) is 0. The van der Waals surface area contributed by atoms with Gasteiger partial charge in [0.15, 0.2) is 5.11 Å². The molecule has 4 rings (SSSR count). The first-order valence-electron chi connectivity index (χ1n) is 10.1. The smallest absolute Gasteiger partial charge is 0.392 e. The van der Waals surface area contributed by atoms with Crippen LogP contribution in [0.2, 0.25) is 10.0 Å². The van der Waals surface area contributed by atoms with Crippen LogP contribution < -0.4 is 16.1 Å². The number of carbonyl (C=O) groups is 1. The second kappa shape index (κ2) is 9.95. The lowest BCUT2D eigenvalue weighted by atomic mass is 9.92. The summed E-state index contributed by atoms with van der Waals surface area (Å²) in [4.78, 5) is 19.9. The summed E-state index contributed by atoms with van der Waals surface area (Å²) in [5, 5.41) is 7.77. The van der Waals surface area contributed by atoms with Gasteiger partial charge in [0.25, 0.3) is 0 Å². The lowest BCUT2D eigenvalue weighted by molar-refractivity contribution is -0.0739. The molecule has 1 amide bonds. The van der Waals surface area contributed by atoms with E-state index < -0.39 is 11.7 Å². The molecule has 2 aliphatic heterocycles. The van der Waals surface area contributed by atoms with Crippen molar-refractivity contribution in [3.8, 4) is 0 Å². The summed E-state index contributed by atoms with van der Waals surface area (Å²) in [6, 6.07) is 14.7. The Kier molecular flexibility index (Phi) is 7.05. The third kappa shape index (κ3) is 5.63. The molecule has 10 heteroatoms. The van der Waals surface area contributed by atoms with E-state index in [9.17, 15) is 4.79 Å². The molecule has 0 unspecified atom stereocenters. The highest BCUT2D eigenvalue weighted by Crippen LogP contribution is 2.32. The summed E-state index contributed by atoms with van der Waals surface area (Å²) in [5.74, 6) is 0.281. The van der Waals surface area contributed by atoms with Crippen molar-refractivity contribution < 1.29 is 14.4 Å². The van der Waals surface area contributed by atoms with Crippen molar-refractivity contribution in [2.75, 3.05) is 18.4 Å². The molecule has 2 aliphatic rings. The van der Waals surface area contributed by atoms with Gasteiger partial charge in [-0.25, -0.2) is 10.3 Å². The topological polar surface area (TPSA) is 74.9 Å². The van der Waals surface area contributed by atoms with E-state index >= 15 is 0 Å². The zero-order valence-electron chi connectivity index (χ0n) is 17.1. The number of piperidine rings is 1. The van der Waals surface area contributed by atoms with Gasteiger partial charge in [0.2, 0.25) is 5.88 Å². The van der Waals surface area contributed by atoms with Gasteiger partial charge in [-0.15, -0.1) is 0 Å². The second-order valence-corrected chi connectivity index (χ2v) is 8.77. The first kappa shape index (κ1) is 22.7. The lowest BCUT2D eigenvalue weighted by Crippen LogP contribution is -2.48. The van der Waals surface area contributed by atoms with Gasteiger partial charge in [-0.3, -0.25) is 4.84 Å². The minimum Gasteiger partial charge on any atom is -0.392 e. The van der Waals surface area contributed by atoms with E-state index in [0.29, 0.717) is 47.6 Å². The molecule has 0 saturated carbocycles. The Labute approximate surface area is 201 Å². The minimum atomic E-state index is -0.568. The summed E-state index contributed by atoms with van der Waals surface area (Å²) in [5.41, 5.74) is 3.88. The Morgan fingerprint density at radius 3 is 2.59 bits per heavy atom. The van der Waals surface area contributed by atoms with E-state index in [1.54, 1.807) is 12.1 Å². The fourth-order valence-electron chi connectivity index (χ4n) is 3.50. The number of rotatable bonds is 4. The zero-order valence-corrected chi connectivity index (χ0v) is 19.4.